The first-order valence-electron chi connectivity index (χ1n) is 6.17. The van der Waals surface area contributed by atoms with Crippen molar-refractivity contribution in [1.82, 2.24) is 5.32 Å². The van der Waals surface area contributed by atoms with Crippen LogP contribution in [0, 0.1) is 5.82 Å². The van der Waals surface area contributed by atoms with Gasteiger partial charge in [-0.15, -0.1) is 0 Å². The van der Waals surface area contributed by atoms with Gasteiger partial charge in [0.25, 0.3) is 5.91 Å². The number of nitrogens with two attached hydrogens (primary N) is 1. The fourth-order valence-electron chi connectivity index (χ4n) is 1.90. The molecule has 4 nitrogen and oxygen atoms in total. The topological polar surface area (TPSA) is 64.3 Å². The predicted molar refractivity (Wildman–Crippen MR) is 82.7 cm³/mol. The maximum atomic E-state index is 13.2. The van der Waals surface area contributed by atoms with E-state index in [1.807, 2.05) is 0 Å². The number of halogens is 2. The van der Waals surface area contributed by atoms with Crippen molar-refractivity contribution in [2.45, 2.75) is 6.54 Å². The van der Waals surface area contributed by atoms with Crippen LogP contribution in [0.15, 0.2) is 40.9 Å². The first-order chi connectivity index (χ1) is 10.0. The van der Waals surface area contributed by atoms with Crippen LogP contribution in [0.2, 0.25) is 0 Å². The average molecular weight is 353 g/mol. The zero-order valence-corrected chi connectivity index (χ0v) is 12.9. The summed E-state index contributed by atoms with van der Waals surface area (Å²) in [6.07, 6.45) is 0. The Hall–Kier alpha value is -2.08. The van der Waals surface area contributed by atoms with Gasteiger partial charge < -0.3 is 15.8 Å². The average Bonchev–Trinajstić information content (AvgIpc) is 2.47. The molecule has 1 amide bonds. The lowest BCUT2D eigenvalue weighted by atomic mass is 10.1. The zero-order chi connectivity index (χ0) is 15.4. The Morgan fingerprint density at radius 1 is 1.38 bits per heavy atom. The van der Waals surface area contributed by atoms with E-state index in [0.29, 0.717) is 17.0 Å². The number of methoxy groups -OCH3 is 1. The molecule has 6 heteroatoms. The van der Waals surface area contributed by atoms with Gasteiger partial charge in [-0.2, -0.15) is 0 Å². The van der Waals surface area contributed by atoms with Crippen LogP contribution in [0.5, 0.6) is 5.75 Å². The van der Waals surface area contributed by atoms with Gasteiger partial charge in [0.15, 0.2) is 0 Å². The highest BCUT2D eigenvalue weighted by atomic mass is 79.9. The van der Waals surface area contributed by atoms with E-state index in [0.717, 1.165) is 4.47 Å². The minimum absolute atomic E-state index is 0.175. The molecule has 0 unspecified atom stereocenters. The Morgan fingerprint density at radius 3 is 2.86 bits per heavy atom. The van der Waals surface area contributed by atoms with Gasteiger partial charge in [0.2, 0.25) is 0 Å². The first kappa shape index (κ1) is 15.3. The van der Waals surface area contributed by atoms with E-state index in [9.17, 15) is 9.18 Å². The van der Waals surface area contributed by atoms with Gasteiger partial charge in [-0.3, -0.25) is 4.79 Å². The minimum Gasteiger partial charge on any atom is -0.496 e. The maximum Gasteiger partial charge on any atom is 0.257 e. The van der Waals surface area contributed by atoms with E-state index in [2.05, 4.69) is 21.2 Å². The normalized spacial score (nSPS) is 10.2. The molecule has 21 heavy (non-hydrogen) atoms. The number of anilines is 1. The van der Waals surface area contributed by atoms with Gasteiger partial charge in [-0.05, 0) is 35.9 Å². The molecule has 0 bridgehead atoms. The summed E-state index contributed by atoms with van der Waals surface area (Å²) in [6.45, 7) is 0.175. The van der Waals surface area contributed by atoms with Crippen LogP contribution in [0.25, 0.3) is 0 Å². The fourth-order valence-corrected chi connectivity index (χ4v) is 2.29. The van der Waals surface area contributed by atoms with Crippen LogP contribution in [0.3, 0.4) is 0 Å². The first-order valence-corrected chi connectivity index (χ1v) is 6.97. The molecule has 0 aliphatic carbocycles. The van der Waals surface area contributed by atoms with Crippen molar-refractivity contribution in [3.8, 4) is 5.75 Å². The number of ether oxygens (including phenoxy) is 1. The quantitative estimate of drug-likeness (QED) is 0.831. The molecule has 0 fully saturated rings. The molecule has 0 aliphatic heterocycles. The Balaban J connectivity index is 2.17. The SMILES string of the molecule is COc1cccc(N)c1C(=O)NCc1cc(F)ccc1Br. The molecule has 2 aromatic rings. The molecular weight excluding hydrogens is 339 g/mol. The van der Waals surface area contributed by atoms with E-state index in [1.165, 1.54) is 19.2 Å². The Bertz CT molecular complexity index is 677. The Kier molecular flexibility index (Phi) is 4.80. The van der Waals surface area contributed by atoms with Crippen molar-refractivity contribution < 1.29 is 13.9 Å². The van der Waals surface area contributed by atoms with E-state index in [4.69, 9.17) is 10.5 Å². The number of nitrogens with one attached hydrogen (secondary N) is 1. The zero-order valence-electron chi connectivity index (χ0n) is 11.3. The number of hydrogen-bond acceptors (Lipinski definition) is 3. The highest BCUT2D eigenvalue weighted by Gasteiger charge is 2.15. The van der Waals surface area contributed by atoms with Crippen molar-refractivity contribution in [3.63, 3.8) is 0 Å². The van der Waals surface area contributed by atoms with Gasteiger partial charge in [0, 0.05) is 16.7 Å². The van der Waals surface area contributed by atoms with Crippen LogP contribution < -0.4 is 15.8 Å². The molecule has 110 valence electrons. The molecule has 0 atom stereocenters. The van der Waals surface area contributed by atoms with Gasteiger partial charge in [-0.1, -0.05) is 22.0 Å². The maximum absolute atomic E-state index is 13.2. The molecule has 0 saturated carbocycles. The van der Waals surface area contributed by atoms with E-state index in [-0.39, 0.29) is 23.8 Å². The van der Waals surface area contributed by atoms with Crippen LogP contribution in [0.1, 0.15) is 15.9 Å². The van der Waals surface area contributed by atoms with Crippen molar-refractivity contribution in [2.75, 3.05) is 12.8 Å². The van der Waals surface area contributed by atoms with Crippen LogP contribution in [0.4, 0.5) is 10.1 Å². The summed E-state index contributed by atoms with van der Waals surface area (Å²) in [7, 11) is 1.47. The molecule has 3 N–H and O–H groups in total. The fraction of sp³-hybridized carbons (Fsp3) is 0.133. The third-order valence-electron chi connectivity index (χ3n) is 2.95. The number of rotatable bonds is 4. The van der Waals surface area contributed by atoms with Crippen molar-refractivity contribution in [3.05, 3.63) is 57.8 Å². The van der Waals surface area contributed by atoms with E-state index in [1.54, 1.807) is 24.3 Å². The summed E-state index contributed by atoms with van der Waals surface area (Å²) >= 11 is 3.31. The summed E-state index contributed by atoms with van der Waals surface area (Å²) in [5, 5.41) is 2.70. The monoisotopic (exact) mass is 352 g/mol. The van der Waals surface area contributed by atoms with E-state index < -0.39 is 0 Å². The molecule has 2 aromatic carbocycles. The lowest BCUT2D eigenvalue weighted by Gasteiger charge is -2.12. The van der Waals surface area contributed by atoms with Crippen LogP contribution >= 0.6 is 15.9 Å². The second-order valence-electron chi connectivity index (χ2n) is 4.34. The van der Waals surface area contributed by atoms with Crippen LogP contribution in [-0.4, -0.2) is 13.0 Å². The molecular formula is C15H14BrFN2O2. The molecule has 0 saturated heterocycles. The van der Waals surface area contributed by atoms with Crippen molar-refractivity contribution in [1.29, 1.82) is 0 Å². The van der Waals surface area contributed by atoms with Crippen LogP contribution in [-0.2, 0) is 6.54 Å². The number of carbonyl (C=O) groups is 1. The minimum atomic E-state index is -0.374. The van der Waals surface area contributed by atoms with Crippen molar-refractivity contribution >= 4 is 27.5 Å². The summed E-state index contributed by atoms with van der Waals surface area (Å²) in [4.78, 5) is 12.2. The molecule has 0 spiro atoms. The standard InChI is InChI=1S/C15H14BrFN2O2/c1-21-13-4-2-3-12(18)14(13)15(20)19-8-9-7-10(17)5-6-11(9)16/h2-7H,8,18H2,1H3,(H,19,20). The largest absolute Gasteiger partial charge is 0.496 e. The van der Waals surface area contributed by atoms with Gasteiger partial charge in [0.1, 0.15) is 17.1 Å². The predicted octanol–water partition coefficient (Wildman–Crippen LogP) is 3.11. The summed E-state index contributed by atoms with van der Waals surface area (Å²) in [5.74, 6) is -0.342. The Labute approximate surface area is 130 Å². The van der Waals surface area contributed by atoms with E-state index >= 15 is 0 Å². The Morgan fingerprint density at radius 2 is 2.14 bits per heavy atom. The molecule has 0 heterocycles. The van der Waals surface area contributed by atoms with Crippen molar-refractivity contribution in [2.24, 2.45) is 0 Å². The number of amides is 1. The smallest absolute Gasteiger partial charge is 0.257 e. The summed E-state index contributed by atoms with van der Waals surface area (Å²) in [6, 6.07) is 9.27. The van der Waals surface area contributed by atoms with Gasteiger partial charge in [-0.25, -0.2) is 4.39 Å². The second-order valence-corrected chi connectivity index (χ2v) is 5.20. The third kappa shape index (κ3) is 3.52. The summed E-state index contributed by atoms with van der Waals surface area (Å²) < 4.78 is 19.1. The molecule has 0 aliphatic rings. The highest BCUT2D eigenvalue weighted by molar-refractivity contribution is 9.10. The summed E-state index contributed by atoms with van der Waals surface area (Å²) in [5.41, 5.74) is 7.04. The number of hydrogen-bond donors (Lipinski definition) is 2. The highest BCUT2D eigenvalue weighted by Crippen LogP contribution is 2.24. The lowest BCUT2D eigenvalue weighted by Crippen LogP contribution is -2.24. The molecule has 0 aromatic heterocycles. The number of carbonyl (C=O) groups excluding carboxylic acids is 1. The number of nitrogen functional groups attached to an aromatic ring is 1. The third-order valence-corrected chi connectivity index (χ3v) is 3.73. The molecule has 2 rings (SSSR count). The van der Waals surface area contributed by atoms with Gasteiger partial charge in [0.05, 0.1) is 7.11 Å². The lowest BCUT2D eigenvalue weighted by molar-refractivity contribution is 0.0948. The molecule has 0 radical (unpaired) electrons. The van der Waals surface area contributed by atoms with Gasteiger partial charge >= 0.3 is 0 Å². The second kappa shape index (κ2) is 6.58. The number of benzene rings is 2.